The summed E-state index contributed by atoms with van der Waals surface area (Å²) in [5, 5.41) is 25.1. The Morgan fingerprint density at radius 1 is 1.15 bits per heavy atom. The van der Waals surface area contributed by atoms with E-state index in [1.165, 1.54) is 0 Å². The first-order chi connectivity index (χ1) is 16.3. The van der Waals surface area contributed by atoms with E-state index in [-0.39, 0.29) is 24.5 Å². The highest BCUT2D eigenvalue weighted by molar-refractivity contribution is 6.33. The van der Waals surface area contributed by atoms with Gasteiger partial charge in [0, 0.05) is 24.3 Å². The molecule has 1 aliphatic rings. The van der Waals surface area contributed by atoms with Crippen molar-refractivity contribution in [1.29, 1.82) is 0 Å². The normalized spacial score (nSPS) is 18.7. The molecule has 1 fully saturated rings. The fraction of sp³-hybridized carbons (Fsp3) is 0.462. The summed E-state index contributed by atoms with van der Waals surface area (Å²) in [6.45, 7) is 2.60. The van der Waals surface area contributed by atoms with Gasteiger partial charge in [0.25, 0.3) is 5.91 Å². The zero-order valence-electron chi connectivity index (χ0n) is 19.6. The molecule has 2 aromatic rings. The van der Waals surface area contributed by atoms with E-state index in [1.807, 2.05) is 25.1 Å². The Balaban J connectivity index is 1.60. The standard InChI is InChI=1S/C26H33ClN2O5/c1-16(21-13-17(11-12-30)5-10-24(21)34-2)29-23-9-8-20(14-22(23)27)25(31)28-15-18-3-6-19(7-4-18)26(32)33/h5,8-10,13-14,16,18-19,29-30H,3-4,6-7,11-12,15H2,1-2H3,(H,28,31)(H,32,33)/t16-,18?,19?/m0/s1. The van der Waals surface area contributed by atoms with Crippen molar-refractivity contribution in [3.8, 4) is 5.75 Å². The summed E-state index contributed by atoms with van der Waals surface area (Å²) in [6.07, 6.45) is 3.50. The summed E-state index contributed by atoms with van der Waals surface area (Å²) in [6, 6.07) is 10.9. The topological polar surface area (TPSA) is 108 Å². The summed E-state index contributed by atoms with van der Waals surface area (Å²) in [4.78, 5) is 23.7. The maximum atomic E-state index is 12.6. The van der Waals surface area contributed by atoms with Gasteiger partial charge in [-0.15, -0.1) is 0 Å². The fourth-order valence-corrected chi connectivity index (χ4v) is 4.68. The number of carboxylic acid groups (broad SMARTS) is 1. The smallest absolute Gasteiger partial charge is 0.306 e. The number of carbonyl (C=O) groups excluding carboxylic acids is 1. The highest BCUT2D eigenvalue weighted by Crippen LogP contribution is 2.32. The monoisotopic (exact) mass is 488 g/mol. The van der Waals surface area contributed by atoms with Crippen molar-refractivity contribution >= 4 is 29.2 Å². The number of aliphatic hydroxyl groups is 1. The summed E-state index contributed by atoms with van der Waals surface area (Å²) in [7, 11) is 1.62. The lowest BCUT2D eigenvalue weighted by Gasteiger charge is -2.26. The first-order valence-electron chi connectivity index (χ1n) is 11.7. The first-order valence-corrected chi connectivity index (χ1v) is 12.0. The summed E-state index contributed by atoms with van der Waals surface area (Å²) >= 11 is 6.49. The molecule has 0 aromatic heterocycles. The van der Waals surface area contributed by atoms with E-state index >= 15 is 0 Å². The maximum Gasteiger partial charge on any atom is 0.306 e. The molecule has 0 radical (unpaired) electrons. The Kier molecular flexibility index (Phi) is 9.19. The molecule has 0 spiro atoms. The van der Waals surface area contributed by atoms with Crippen LogP contribution < -0.4 is 15.4 Å². The number of amides is 1. The molecule has 0 bridgehead atoms. The number of halogens is 1. The van der Waals surface area contributed by atoms with Gasteiger partial charge < -0.3 is 25.6 Å². The summed E-state index contributed by atoms with van der Waals surface area (Å²) < 4.78 is 5.50. The number of carbonyl (C=O) groups is 2. The predicted molar refractivity (Wildman–Crippen MR) is 133 cm³/mol. The quantitative estimate of drug-likeness (QED) is 0.387. The van der Waals surface area contributed by atoms with Crippen LogP contribution in [-0.4, -0.2) is 42.4 Å². The number of ether oxygens (including phenoxy) is 1. The number of benzene rings is 2. The van der Waals surface area contributed by atoms with Gasteiger partial charge in [-0.05, 0) is 80.8 Å². The second-order valence-electron chi connectivity index (χ2n) is 8.88. The molecule has 1 atom stereocenters. The molecule has 0 unspecified atom stereocenters. The molecule has 1 aliphatic carbocycles. The number of anilines is 1. The summed E-state index contributed by atoms with van der Waals surface area (Å²) in [5.41, 5.74) is 3.14. The second kappa shape index (κ2) is 12.1. The molecular weight excluding hydrogens is 456 g/mol. The molecule has 4 N–H and O–H groups in total. The molecular formula is C26H33ClN2O5. The van der Waals surface area contributed by atoms with E-state index in [9.17, 15) is 14.7 Å². The van der Waals surface area contributed by atoms with E-state index in [1.54, 1.807) is 25.3 Å². The van der Waals surface area contributed by atoms with Crippen LogP contribution in [0.5, 0.6) is 5.75 Å². The average Bonchev–Trinajstić information content (AvgIpc) is 2.84. The molecule has 1 amide bonds. The van der Waals surface area contributed by atoms with Crippen LogP contribution in [0.25, 0.3) is 0 Å². The van der Waals surface area contributed by atoms with Gasteiger partial charge in [-0.2, -0.15) is 0 Å². The van der Waals surface area contributed by atoms with Crippen LogP contribution >= 0.6 is 11.6 Å². The fourth-order valence-electron chi connectivity index (χ4n) is 4.44. The average molecular weight is 489 g/mol. The highest BCUT2D eigenvalue weighted by atomic mass is 35.5. The van der Waals surface area contributed by atoms with Crippen LogP contribution in [0.3, 0.4) is 0 Å². The number of hydrogen-bond acceptors (Lipinski definition) is 5. The number of nitrogens with one attached hydrogen (secondary N) is 2. The molecule has 2 aromatic carbocycles. The Bertz CT molecular complexity index is 1000. The number of aliphatic carboxylic acids is 1. The van der Waals surface area contributed by atoms with Gasteiger partial charge in [-0.25, -0.2) is 0 Å². The molecule has 34 heavy (non-hydrogen) atoms. The molecule has 184 valence electrons. The zero-order chi connectivity index (χ0) is 24.7. The maximum absolute atomic E-state index is 12.6. The number of hydrogen-bond donors (Lipinski definition) is 4. The van der Waals surface area contributed by atoms with Crippen LogP contribution in [0, 0.1) is 11.8 Å². The molecule has 0 heterocycles. The predicted octanol–water partition coefficient (Wildman–Crippen LogP) is 4.68. The van der Waals surface area contributed by atoms with Crippen molar-refractivity contribution in [3.05, 3.63) is 58.1 Å². The molecule has 1 saturated carbocycles. The van der Waals surface area contributed by atoms with E-state index in [0.29, 0.717) is 48.0 Å². The highest BCUT2D eigenvalue weighted by Gasteiger charge is 2.26. The van der Waals surface area contributed by atoms with Crippen LogP contribution in [0.4, 0.5) is 5.69 Å². The zero-order valence-corrected chi connectivity index (χ0v) is 20.4. The van der Waals surface area contributed by atoms with E-state index in [2.05, 4.69) is 10.6 Å². The minimum Gasteiger partial charge on any atom is -0.496 e. The molecule has 8 heteroatoms. The van der Waals surface area contributed by atoms with Crippen LogP contribution in [0.2, 0.25) is 5.02 Å². The third-order valence-electron chi connectivity index (χ3n) is 6.51. The Labute approximate surface area is 205 Å². The molecule has 3 rings (SSSR count). The number of rotatable bonds is 10. The van der Waals surface area contributed by atoms with Gasteiger partial charge in [-0.1, -0.05) is 17.7 Å². The third kappa shape index (κ3) is 6.64. The van der Waals surface area contributed by atoms with E-state index < -0.39 is 5.97 Å². The van der Waals surface area contributed by atoms with Crippen molar-refractivity contribution in [2.24, 2.45) is 11.8 Å². The lowest BCUT2D eigenvalue weighted by Crippen LogP contribution is -2.32. The van der Waals surface area contributed by atoms with Gasteiger partial charge in [0.1, 0.15) is 5.75 Å². The molecule has 7 nitrogen and oxygen atoms in total. The number of methoxy groups -OCH3 is 1. The van der Waals surface area contributed by atoms with Crippen molar-refractivity contribution in [1.82, 2.24) is 5.32 Å². The van der Waals surface area contributed by atoms with Gasteiger partial charge in [0.05, 0.1) is 29.8 Å². The minimum absolute atomic E-state index is 0.0759. The van der Waals surface area contributed by atoms with Crippen molar-refractivity contribution < 1.29 is 24.5 Å². The van der Waals surface area contributed by atoms with E-state index in [4.69, 9.17) is 21.4 Å². The number of carboxylic acids is 1. The van der Waals surface area contributed by atoms with Crippen LogP contribution in [0.1, 0.15) is 60.1 Å². The molecule has 0 aliphatic heterocycles. The van der Waals surface area contributed by atoms with Crippen molar-refractivity contribution in [3.63, 3.8) is 0 Å². The van der Waals surface area contributed by atoms with Gasteiger partial charge in [0.2, 0.25) is 0 Å². The SMILES string of the molecule is COc1ccc(CCO)cc1[C@H](C)Nc1ccc(C(=O)NCC2CCC(C(=O)O)CC2)cc1Cl. The van der Waals surface area contributed by atoms with E-state index in [0.717, 1.165) is 29.7 Å². The Hall–Kier alpha value is -2.77. The van der Waals surface area contributed by atoms with Crippen LogP contribution in [-0.2, 0) is 11.2 Å². The van der Waals surface area contributed by atoms with Gasteiger partial charge in [0.15, 0.2) is 0 Å². The third-order valence-corrected chi connectivity index (χ3v) is 6.82. The van der Waals surface area contributed by atoms with Crippen LogP contribution in [0.15, 0.2) is 36.4 Å². The Morgan fingerprint density at radius 2 is 1.88 bits per heavy atom. The Morgan fingerprint density at radius 3 is 2.50 bits per heavy atom. The lowest BCUT2D eigenvalue weighted by atomic mass is 9.82. The largest absolute Gasteiger partial charge is 0.496 e. The van der Waals surface area contributed by atoms with Crippen molar-refractivity contribution in [2.75, 3.05) is 25.6 Å². The minimum atomic E-state index is -0.726. The second-order valence-corrected chi connectivity index (χ2v) is 9.28. The first kappa shape index (κ1) is 25.8. The van der Waals surface area contributed by atoms with Crippen molar-refractivity contribution in [2.45, 2.75) is 45.1 Å². The van der Waals surface area contributed by atoms with Gasteiger partial charge >= 0.3 is 5.97 Å². The summed E-state index contributed by atoms with van der Waals surface area (Å²) in [5.74, 6) is -0.137. The van der Waals surface area contributed by atoms with Gasteiger partial charge in [-0.3, -0.25) is 9.59 Å². The molecule has 0 saturated heterocycles. The number of aliphatic hydroxyl groups excluding tert-OH is 1. The lowest BCUT2D eigenvalue weighted by molar-refractivity contribution is -0.143.